The third-order valence-corrected chi connectivity index (χ3v) is 4.18. The average molecular weight is 546 g/mol. The molecule has 2 N–H and O–H groups in total. The number of nitrogens with two attached hydrogens (primary N) is 1. The van der Waals surface area contributed by atoms with Crippen LogP contribution in [-0.2, 0) is 6.42 Å². The molecule has 0 saturated heterocycles. The van der Waals surface area contributed by atoms with Crippen molar-refractivity contribution < 1.29 is 4.74 Å². The maximum absolute atomic E-state index is 5.20. The molecule has 0 bridgehead atoms. The molecule has 0 saturated carbocycles. The van der Waals surface area contributed by atoms with Gasteiger partial charge in [0, 0.05) is 30.6 Å². The molecule has 5 aromatic heterocycles. The highest BCUT2D eigenvalue weighted by Gasteiger charge is 1.90. The maximum atomic E-state index is 5.20. The monoisotopic (exact) mass is 545 g/mol. The zero-order valence-corrected chi connectivity index (χ0v) is 23.8. The molecule has 0 fully saturated rings. The molecule has 0 radical (unpaired) electrons. The van der Waals surface area contributed by atoms with E-state index >= 15 is 0 Å². The van der Waals surface area contributed by atoms with Gasteiger partial charge in [-0.15, -0.1) is 5.10 Å². The third-order valence-electron chi connectivity index (χ3n) is 4.18. The Labute approximate surface area is 234 Å². The van der Waals surface area contributed by atoms with E-state index < -0.39 is 0 Å². The zero-order valence-electron chi connectivity index (χ0n) is 23.8. The van der Waals surface area contributed by atoms with E-state index in [1.165, 1.54) is 19.0 Å². The van der Waals surface area contributed by atoms with Gasteiger partial charge in [0.1, 0.15) is 36.5 Å². The number of nitrogen functional groups attached to an aromatic ring is 1. The molecule has 5 rings (SSSR count). The molecule has 0 aliphatic rings. The fourth-order valence-corrected chi connectivity index (χ4v) is 2.24. The van der Waals surface area contributed by atoms with Gasteiger partial charge in [0.15, 0.2) is 0 Å². The van der Waals surface area contributed by atoms with Crippen LogP contribution in [0.4, 0.5) is 5.95 Å². The van der Waals surface area contributed by atoms with E-state index in [1.807, 2.05) is 52.0 Å². The highest BCUT2D eigenvalue weighted by atomic mass is 16.5. The van der Waals surface area contributed by atoms with Crippen molar-refractivity contribution in [3.05, 3.63) is 96.3 Å². The summed E-state index contributed by atoms with van der Waals surface area (Å²) in [6, 6.07) is 9.31. The van der Waals surface area contributed by atoms with Gasteiger partial charge in [0.25, 0.3) is 0 Å². The normalized spacial score (nSPS) is 9.07. The molecule has 0 atom stereocenters. The van der Waals surface area contributed by atoms with Crippen LogP contribution in [0.1, 0.15) is 41.5 Å². The van der Waals surface area contributed by atoms with Gasteiger partial charge in [-0.25, -0.2) is 34.9 Å². The van der Waals surface area contributed by atoms with Crippen molar-refractivity contribution in [3.63, 3.8) is 0 Å². The zero-order chi connectivity index (χ0) is 29.6. The molecule has 0 aliphatic heterocycles. The van der Waals surface area contributed by atoms with Gasteiger partial charge in [-0.05, 0) is 58.9 Å². The number of rotatable bonds is 2. The molecule has 0 unspecified atom stereocenters. The summed E-state index contributed by atoms with van der Waals surface area (Å²) in [5, 5.41) is 14.9. The molecule has 5 heterocycles. The average Bonchev–Trinajstić information content (AvgIpc) is 2.96. The first-order chi connectivity index (χ1) is 19.2. The van der Waals surface area contributed by atoms with E-state index in [9.17, 15) is 0 Å². The highest BCUT2D eigenvalue weighted by molar-refractivity contribution is 5.11. The second kappa shape index (κ2) is 19.9. The summed E-state index contributed by atoms with van der Waals surface area (Å²) in [4.78, 5) is 30.4. The van der Waals surface area contributed by atoms with Crippen LogP contribution in [-0.4, -0.2) is 67.4 Å². The largest absolute Gasteiger partial charge is 0.480 e. The summed E-state index contributed by atoms with van der Waals surface area (Å²) in [5.74, 6) is 3.17. The number of aromatic nitrogens is 12. The van der Waals surface area contributed by atoms with E-state index in [0.29, 0.717) is 11.7 Å². The van der Waals surface area contributed by atoms with Crippen molar-refractivity contribution in [1.29, 1.82) is 0 Å². The van der Waals surface area contributed by atoms with Gasteiger partial charge in [0.05, 0.1) is 18.5 Å². The number of methoxy groups -OCH3 is 1. The lowest BCUT2D eigenvalue weighted by atomic mass is 10.4. The Morgan fingerprint density at radius 2 is 1.38 bits per heavy atom. The molecule has 0 amide bonds. The minimum absolute atomic E-state index is 0.275. The molecule has 14 heteroatoms. The SMILES string of the molecule is CCc1nccc(C)n1.COc1ccc(C)nn1.Cc1cccnn1.Cc1ncnc(N)n1.Cc1ncncn1. The number of nitrogens with zero attached hydrogens (tertiary/aromatic N) is 12. The number of ether oxygens (including phenoxy) is 1. The fourth-order valence-electron chi connectivity index (χ4n) is 2.24. The molecule has 210 valence electrons. The van der Waals surface area contributed by atoms with Crippen LogP contribution in [0.5, 0.6) is 5.88 Å². The number of hydrogen-bond acceptors (Lipinski definition) is 14. The first-order valence-corrected chi connectivity index (χ1v) is 12.1. The summed E-state index contributed by atoms with van der Waals surface area (Å²) in [6.45, 7) is 11.4. The molecule has 0 aromatic carbocycles. The molecule has 0 spiro atoms. The molecular formula is C26H35N13O. The van der Waals surface area contributed by atoms with Crippen LogP contribution in [0.25, 0.3) is 0 Å². The van der Waals surface area contributed by atoms with Gasteiger partial charge >= 0.3 is 0 Å². The van der Waals surface area contributed by atoms with Crippen molar-refractivity contribution in [2.24, 2.45) is 0 Å². The van der Waals surface area contributed by atoms with Crippen LogP contribution < -0.4 is 10.5 Å². The van der Waals surface area contributed by atoms with Crippen LogP contribution in [0.15, 0.2) is 61.7 Å². The lowest BCUT2D eigenvalue weighted by Gasteiger charge is -1.94. The first kappa shape index (κ1) is 32.9. The minimum atomic E-state index is 0.275. The number of aryl methyl sites for hydroxylation is 6. The Morgan fingerprint density at radius 1 is 0.675 bits per heavy atom. The fraction of sp³-hybridized carbons (Fsp3) is 0.308. The van der Waals surface area contributed by atoms with Gasteiger partial charge in [-0.2, -0.15) is 20.3 Å². The Hall–Kier alpha value is -5.14. The Bertz CT molecular complexity index is 1270. The number of hydrogen-bond donors (Lipinski definition) is 1. The van der Waals surface area contributed by atoms with Gasteiger partial charge in [0.2, 0.25) is 11.8 Å². The minimum Gasteiger partial charge on any atom is -0.480 e. The second-order valence-corrected chi connectivity index (χ2v) is 7.63. The van der Waals surface area contributed by atoms with Crippen molar-refractivity contribution >= 4 is 5.95 Å². The number of anilines is 1. The Morgan fingerprint density at radius 3 is 1.75 bits per heavy atom. The van der Waals surface area contributed by atoms with E-state index in [4.69, 9.17) is 10.5 Å². The molecule has 5 aromatic rings. The summed E-state index contributed by atoms with van der Waals surface area (Å²) in [5.41, 5.74) is 8.10. The van der Waals surface area contributed by atoms with Crippen molar-refractivity contribution in [1.82, 2.24) is 60.3 Å². The van der Waals surface area contributed by atoms with Crippen LogP contribution >= 0.6 is 0 Å². The van der Waals surface area contributed by atoms with E-state index in [1.54, 1.807) is 32.5 Å². The molecule has 14 nitrogen and oxygen atoms in total. The Balaban J connectivity index is 0.000000251. The van der Waals surface area contributed by atoms with Gasteiger partial charge < -0.3 is 10.5 Å². The molecule has 40 heavy (non-hydrogen) atoms. The van der Waals surface area contributed by atoms with Crippen LogP contribution in [0.2, 0.25) is 0 Å². The van der Waals surface area contributed by atoms with E-state index in [2.05, 4.69) is 67.2 Å². The van der Waals surface area contributed by atoms with Gasteiger partial charge in [-0.3, -0.25) is 0 Å². The van der Waals surface area contributed by atoms with Gasteiger partial charge in [-0.1, -0.05) is 6.92 Å². The Kier molecular flexibility index (Phi) is 16.4. The maximum Gasteiger partial charge on any atom is 0.233 e. The predicted octanol–water partition coefficient (Wildman–Crippen LogP) is 2.87. The predicted molar refractivity (Wildman–Crippen MR) is 150 cm³/mol. The topological polar surface area (TPSA) is 190 Å². The van der Waals surface area contributed by atoms with Crippen molar-refractivity contribution in [2.45, 2.75) is 48.0 Å². The molecule has 0 aliphatic carbocycles. The van der Waals surface area contributed by atoms with Crippen LogP contribution in [0.3, 0.4) is 0 Å². The van der Waals surface area contributed by atoms with Crippen LogP contribution in [0, 0.1) is 34.6 Å². The van der Waals surface area contributed by atoms with E-state index in [-0.39, 0.29) is 5.95 Å². The summed E-state index contributed by atoms with van der Waals surface area (Å²) >= 11 is 0. The highest BCUT2D eigenvalue weighted by Crippen LogP contribution is 2.01. The first-order valence-electron chi connectivity index (χ1n) is 12.1. The smallest absolute Gasteiger partial charge is 0.233 e. The summed E-state index contributed by atoms with van der Waals surface area (Å²) in [6.07, 6.45) is 8.71. The summed E-state index contributed by atoms with van der Waals surface area (Å²) < 4.78 is 4.80. The third kappa shape index (κ3) is 16.6. The second-order valence-electron chi connectivity index (χ2n) is 7.63. The van der Waals surface area contributed by atoms with Crippen molar-refractivity contribution in [2.75, 3.05) is 12.8 Å². The standard InChI is InChI=1S/C7H10N2.C6H8N2O.C5H6N2.C4H6N4.C4H5N3/c1-3-7-8-5-4-6(2)9-7;1-5-3-4-6(9-2)8-7-5;1-5-3-2-4-6-7-5;1-3-6-2-7-4(5)8-3;1-4-6-2-5-3-7-4/h4-5H,3H2,1-2H3;3-4H,1-2H3;2-4H,1H3;2H,1H3,(H2,5,6,7,8);2-3H,1H3. The van der Waals surface area contributed by atoms with Crippen molar-refractivity contribution in [3.8, 4) is 5.88 Å². The van der Waals surface area contributed by atoms with E-state index in [0.717, 1.165) is 35.2 Å². The summed E-state index contributed by atoms with van der Waals surface area (Å²) in [7, 11) is 1.57. The quantitative estimate of drug-likeness (QED) is 0.340. The lowest BCUT2D eigenvalue weighted by Crippen LogP contribution is -1.96. The lowest BCUT2D eigenvalue weighted by molar-refractivity contribution is 0.391. The molecular weight excluding hydrogens is 510 g/mol.